The molecule has 4 rings (SSSR count). The number of alkyl halides is 1. The van der Waals surface area contributed by atoms with E-state index in [2.05, 4.69) is 47.9 Å². The highest BCUT2D eigenvalue weighted by molar-refractivity contribution is 7.99. The number of hydrogen-bond donors (Lipinski definition) is 5. The quantitative estimate of drug-likeness (QED) is 0.349. The molecule has 5 N–H and O–H groups in total. The molecule has 8 nitrogen and oxygen atoms in total. The van der Waals surface area contributed by atoms with E-state index in [0.29, 0.717) is 13.2 Å². The highest BCUT2D eigenvalue weighted by Gasteiger charge is 2.49. The molecule has 0 bridgehead atoms. The lowest BCUT2D eigenvalue weighted by molar-refractivity contribution is -0.205. The number of amides is 1. The van der Waals surface area contributed by atoms with Crippen LogP contribution in [0.25, 0.3) is 5.57 Å². The van der Waals surface area contributed by atoms with E-state index < -0.39 is 47.3 Å². The van der Waals surface area contributed by atoms with Gasteiger partial charge in [-0.25, -0.2) is 0 Å². The summed E-state index contributed by atoms with van der Waals surface area (Å²) in [7, 11) is 0. The Morgan fingerprint density at radius 2 is 1.91 bits per heavy atom. The summed E-state index contributed by atoms with van der Waals surface area (Å²) in [5.41, 5.74) is 2.83. The van der Waals surface area contributed by atoms with Gasteiger partial charge < -0.3 is 35.4 Å². The number of nitrogens with one attached hydrogen (secondary N) is 2. The number of aliphatic hydroxyl groups is 3. The number of carbonyl (C=O) groups excluding carboxylic acids is 1. The molecule has 1 amide bonds. The third kappa shape index (κ3) is 5.72. The molecule has 0 aliphatic carbocycles. The summed E-state index contributed by atoms with van der Waals surface area (Å²) in [4.78, 5) is 13.4. The minimum atomic E-state index is -1.41. The predicted octanol–water partition coefficient (Wildman–Crippen LogP) is 1.04. The first kappa shape index (κ1) is 26.9. The molecule has 0 spiro atoms. The molecule has 0 aromatic heterocycles. The smallest absolute Gasteiger partial charge is 0.240 e. The standard InChI is InChI=1S/C25H35ClN2O6S/c1-12-4-6-14(7-5-12)15-8-9-33-22-16(10-15)11-27-18(22)24(32)28-17(13(2)26)23-20(30)19(29)21(31)25(34-23)35-3/h4-8,13,16-23,25,27,29-31H,9-11H2,1-3H3,(H,28,32)/t13-,16-,17+,18-,19?,20?,21?,22+,23?,25?/m0/s1. The van der Waals surface area contributed by atoms with Gasteiger partial charge in [0, 0.05) is 12.5 Å². The van der Waals surface area contributed by atoms with Gasteiger partial charge in [0.15, 0.2) is 0 Å². The number of thioether (sulfide) groups is 1. The van der Waals surface area contributed by atoms with Crippen molar-refractivity contribution in [1.29, 1.82) is 0 Å². The Kier molecular flexibility index (Phi) is 8.82. The van der Waals surface area contributed by atoms with Crippen molar-refractivity contribution in [3.8, 4) is 0 Å². The highest BCUT2D eigenvalue weighted by atomic mass is 35.5. The number of ether oxygens (including phenoxy) is 2. The topological polar surface area (TPSA) is 120 Å². The summed E-state index contributed by atoms with van der Waals surface area (Å²) < 4.78 is 12.0. The third-order valence-electron chi connectivity index (χ3n) is 7.19. The Morgan fingerprint density at radius 3 is 2.57 bits per heavy atom. The summed E-state index contributed by atoms with van der Waals surface area (Å²) in [6.07, 6.45) is -0.741. The third-order valence-corrected chi connectivity index (χ3v) is 8.32. The molecule has 35 heavy (non-hydrogen) atoms. The average Bonchev–Trinajstić information content (AvgIpc) is 3.12. The Bertz CT molecular complexity index is 914. The minimum absolute atomic E-state index is 0.127. The fourth-order valence-electron chi connectivity index (χ4n) is 5.15. The van der Waals surface area contributed by atoms with Gasteiger partial charge in [0.05, 0.1) is 24.1 Å². The van der Waals surface area contributed by atoms with Gasteiger partial charge in [0.1, 0.15) is 35.9 Å². The summed E-state index contributed by atoms with van der Waals surface area (Å²) in [5.74, 6) is -0.173. The number of carbonyl (C=O) groups is 1. The lowest BCUT2D eigenvalue weighted by Gasteiger charge is -2.44. The predicted molar refractivity (Wildman–Crippen MR) is 136 cm³/mol. The molecule has 2 saturated heterocycles. The van der Waals surface area contributed by atoms with Crippen LogP contribution in [0, 0.1) is 12.8 Å². The largest absolute Gasteiger partial charge is 0.388 e. The van der Waals surface area contributed by atoms with Gasteiger partial charge in [0.2, 0.25) is 5.91 Å². The Hall–Kier alpha value is -1.17. The molecule has 1 aromatic carbocycles. The van der Waals surface area contributed by atoms with Crippen molar-refractivity contribution in [2.24, 2.45) is 5.92 Å². The van der Waals surface area contributed by atoms with Crippen molar-refractivity contribution >= 4 is 34.8 Å². The first-order valence-corrected chi connectivity index (χ1v) is 13.7. The van der Waals surface area contributed by atoms with Crippen LogP contribution in [0.5, 0.6) is 0 Å². The van der Waals surface area contributed by atoms with E-state index in [0.717, 1.165) is 12.0 Å². The van der Waals surface area contributed by atoms with Crippen LogP contribution in [0.4, 0.5) is 0 Å². The maximum absolute atomic E-state index is 13.4. The van der Waals surface area contributed by atoms with Gasteiger partial charge in [-0.2, -0.15) is 0 Å². The number of fused-ring (bicyclic) bond motifs is 1. The van der Waals surface area contributed by atoms with Gasteiger partial charge in [-0.1, -0.05) is 35.9 Å². The van der Waals surface area contributed by atoms with Crippen LogP contribution >= 0.6 is 23.4 Å². The van der Waals surface area contributed by atoms with Crippen LogP contribution in [0.2, 0.25) is 0 Å². The maximum Gasteiger partial charge on any atom is 0.240 e. The van der Waals surface area contributed by atoms with E-state index in [1.807, 2.05) is 0 Å². The van der Waals surface area contributed by atoms with Crippen LogP contribution < -0.4 is 10.6 Å². The zero-order valence-electron chi connectivity index (χ0n) is 20.1. The van der Waals surface area contributed by atoms with E-state index in [1.54, 1.807) is 13.2 Å². The SMILES string of the molecule is CSC1OC([C@H](NC(=O)[C@H]2NC[C@@H]3CC(c4ccc(C)cc4)=CCO[C@H]32)[C@H](C)Cl)C(O)C(O)C1O. The molecule has 3 aliphatic rings. The van der Waals surface area contributed by atoms with E-state index in [1.165, 1.54) is 22.9 Å². The van der Waals surface area contributed by atoms with Gasteiger partial charge in [-0.05, 0) is 37.7 Å². The molecule has 3 heterocycles. The van der Waals surface area contributed by atoms with Crippen LogP contribution in [-0.2, 0) is 14.3 Å². The first-order valence-electron chi connectivity index (χ1n) is 12.0. The van der Waals surface area contributed by atoms with E-state index in [-0.39, 0.29) is 17.9 Å². The minimum Gasteiger partial charge on any atom is -0.388 e. The molecule has 10 atom stereocenters. The normalized spacial score (nSPS) is 37.1. The number of hydrogen-bond acceptors (Lipinski definition) is 8. The fourth-order valence-corrected chi connectivity index (χ4v) is 6.04. The number of aliphatic hydroxyl groups excluding tert-OH is 3. The second kappa shape index (κ2) is 11.5. The average molecular weight is 527 g/mol. The van der Waals surface area contributed by atoms with E-state index in [9.17, 15) is 20.1 Å². The van der Waals surface area contributed by atoms with Gasteiger partial charge in [-0.3, -0.25) is 4.79 Å². The van der Waals surface area contributed by atoms with E-state index in [4.69, 9.17) is 21.1 Å². The number of aryl methyl sites for hydroxylation is 1. The molecule has 3 aliphatic heterocycles. The summed E-state index contributed by atoms with van der Waals surface area (Å²) >= 11 is 7.63. The molecule has 0 radical (unpaired) electrons. The van der Waals surface area contributed by atoms with Crippen LogP contribution in [0.15, 0.2) is 30.3 Å². The molecule has 194 valence electrons. The number of allylic oxidation sites excluding steroid dienone is 1. The Balaban J connectivity index is 1.44. The summed E-state index contributed by atoms with van der Waals surface area (Å²) in [6.45, 7) is 4.80. The van der Waals surface area contributed by atoms with Crippen LogP contribution in [0.1, 0.15) is 24.5 Å². The second-order valence-electron chi connectivity index (χ2n) is 9.63. The lowest BCUT2D eigenvalue weighted by atomic mass is 9.90. The molecule has 2 fully saturated rings. The molecule has 1 aromatic rings. The van der Waals surface area contributed by atoms with Crippen molar-refractivity contribution in [1.82, 2.24) is 10.6 Å². The Morgan fingerprint density at radius 1 is 1.20 bits per heavy atom. The van der Waals surface area contributed by atoms with Crippen molar-refractivity contribution in [2.45, 2.75) is 73.7 Å². The van der Waals surface area contributed by atoms with E-state index >= 15 is 0 Å². The summed E-state index contributed by atoms with van der Waals surface area (Å²) in [6, 6.07) is 7.04. The van der Waals surface area contributed by atoms with Crippen molar-refractivity contribution in [3.63, 3.8) is 0 Å². The van der Waals surface area contributed by atoms with Gasteiger partial charge in [0.25, 0.3) is 0 Å². The highest BCUT2D eigenvalue weighted by Crippen LogP contribution is 2.34. The molecular weight excluding hydrogens is 492 g/mol. The first-order chi connectivity index (χ1) is 16.7. The molecule has 10 heteroatoms. The number of rotatable bonds is 6. The number of halogens is 1. The molecule has 5 unspecified atom stereocenters. The molecular formula is C25H35ClN2O6S. The van der Waals surface area contributed by atoms with Crippen molar-refractivity contribution in [3.05, 3.63) is 41.5 Å². The zero-order valence-corrected chi connectivity index (χ0v) is 21.7. The van der Waals surface area contributed by atoms with Crippen LogP contribution in [0.3, 0.4) is 0 Å². The van der Waals surface area contributed by atoms with Crippen molar-refractivity contribution in [2.75, 3.05) is 19.4 Å². The Labute approximate surface area is 215 Å². The van der Waals surface area contributed by atoms with Gasteiger partial charge in [-0.15, -0.1) is 23.4 Å². The fraction of sp³-hybridized carbons (Fsp3) is 0.640. The summed E-state index contributed by atoms with van der Waals surface area (Å²) in [5, 5.41) is 36.7. The van der Waals surface area contributed by atoms with Gasteiger partial charge >= 0.3 is 0 Å². The second-order valence-corrected chi connectivity index (χ2v) is 11.3. The maximum atomic E-state index is 13.4. The monoisotopic (exact) mass is 526 g/mol. The molecule has 0 saturated carbocycles. The van der Waals surface area contributed by atoms with Crippen molar-refractivity contribution < 1.29 is 29.6 Å². The zero-order chi connectivity index (χ0) is 25.3. The van der Waals surface area contributed by atoms with Crippen LogP contribution in [-0.4, -0.2) is 94.1 Å². The number of benzene rings is 1. The lowest BCUT2D eigenvalue weighted by Crippen LogP contribution is -2.65.